The van der Waals surface area contributed by atoms with Crippen LogP contribution in [0.5, 0.6) is 0 Å². The maximum absolute atomic E-state index is 12.5. The molecule has 1 saturated carbocycles. The molecule has 1 heterocycles. The Kier molecular flexibility index (Phi) is 5.40. The van der Waals surface area contributed by atoms with Gasteiger partial charge in [0.1, 0.15) is 6.54 Å². The summed E-state index contributed by atoms with van der Waals surface area (Å²) in [5, 5.41) is 0. The summed E-state index contributed by atoms with van der Waals surface area (Å²) in [6, 6.07) is 3.53. The Labute approximate surface area is 127 Å². The predicted molar refractivity (Wildman–Crippen MR) is 82.7 cm³/mol. The third kappa shape index (κ3) is 3.72. The average molecular weight is 341 g/mol. The van der Waals surface area contributed by atoms with E-state index in [2.05, 4.69) is 15.9 Å². The minimum atomic E-state index is -0.138. The van der Waals surface area contributed by atoms with Crippen molar-refractivity contribution in [2.75, 3.05) is 6.54 Å². The minimum absolute atomic E-state index is 0.0413. The quantitative estimate of drug-likeness (QED) is 0.845. The van der Waals surface area contributed by atoms with E-state index in [0.717, 1.165) is 17.3 Å². The number of halogens is 1. The van der Waals surface area contributed by atoms with Gasteiger partial charge in [0.15, 0.2) is 0 Å². The molecule has 0 aliphatic heterocycles. The molecule has 0 saturated heterocycles. The van der Waals surface area contributed by atoms with E-state index in [0.29, 0.717) is 12.6 Å². The van der Waals surface area contributed by atoms with Crippen molar-refractivity contribution >= 4 is 21.8 Å². The maximum Gasteiger partial charge on any atom is 0.251 e. The first kappa shape index (κ1) is 15.3. The Hall–Kier alpha value is -1.10. The molecule has 1 fully saturated rings. The van der Waals surface area contributed by atoms with Gasteiger partial charge in [-0.15, -0.1) is 0 Å². The number of nitrogens with zero attached hydrogens (tertiary/aromatic N) is 2. The van der Waals surface area contributed by atoms with Crippen LogP contribution in [-0.4, -0.2) is 28.0 Å². The van der Waals surface area contributed by atoms with Crippen LogP contribution in [0, 0.1) is 0 Å². The predicted octanol–water partition coefficient (Wildman–Crippen LogP) is 2.79. The lowest BCUT2D eigenvalue weighted by atomic mass is 9.94. The van der Waals surface area contributed by atoms with Crippen molar-refractivity contribution in [3.8, 4) is 0 Å². The van der Waals surface area contributed by atoms with E-state index in [4.69, 9.17) is 0 Å². The van der Waals surface area contributed by atoms with Gasteiger partial charge in [-0.05, 0) is 41.8 Å². The Morgan fingerprint density at radius 2 is 2.05 bits per heavy atom. The zero-order chi connectivity index (χ0) is 14.5. The molecule has 0 N–H and O–H groups in total. The Balaban J connectivity index is 2.08. The first-order valence-corrected chi connectivity index (χ1v) is 8.06. The van der Waals surface area contributed by atoms with Crippen LogP contribution in [0.4, 0.5) is 0 Å². The zero-order valence-electron chi connectivity index (χ0n) is 11.8. The lowest BCUT2D eigenvalue weighted by Gasteiger charge is -2.33. The van der Waals surface area contributed by atoms with Crippen LogP contribution >= 0.6 is 15.9 Å². The van der Waals surface area contributed by atoms with E-state index in [1.54, 1.807) is 12.3 Å². The number of pyridine rings is 1. The van der Waals surface area contributed by atoms with Crippen LogP contribution in [-0.2, 0) is 11.3 Å². The molecule has 110 valence electrons. The fourth-order valence-electron chi connectivity index (χ4n) is 2.89. The first-order valence-electron chi connectivity index (χ1n) is 7.27. The molecule has 1 aliphatic carbocycles. The van der Waals surface area contributed by atoms with Gasteiger partial charge in [-0.1, -0.05) is 19.3 Å². The molecule has 0 atom stereocenters. The van der Waals surface area contributed by atoms with Gasteiger partial charge in [0.25, 0.3) is 5.56 Å². The molecule has 0 aromatic carbocycles. The number of amides is 1. The van der Waals surface area contributed by atoms with E-state index in [-0.39, 0.29) is 18.0 Å². The second kappa shape index (κ2) is 7.07. The molecule has 4 nitrogen and oxygen atoms in total. The molecular weight excluding hydrogens is 320 g/mol. The van der Waals surface area contributed by atoms with Crippen molar-refractivity contribution in [2.45, 2.75) is 51.6 Å². The summed E-state index contributed by atoms with van der Waals surface area (Å²) in [5.74, 6) is 0.0413. The number of hydrogen-bond acceptors (Lipinski definition) is 2. The summed E-state index contributed by atoms with van der Waals surface area (Å²) >= 11 is 3.33. The number of hydrogen-bond donors (Lipinski definition) is 0. The lowest BCUT2D eigenvalue weighted by Crippen LogP contribution is -2.43. The number of aromatic nitrogens is 1. The fourth-order valence-corrected chi connectivity index (χ4v) is 3.27. The molecule has 2 rings (SSSR count). The van der Waals surface area contributed by atoms with E-state index in [9.17, 15) is 9.59 Å². The zero-order valence-corrected chi connectivity index (χ0v) is 13.4. The van der Waals surface area contributed by atoms with Crippen molar-refractivity contribution in [3.63, 3.8) is 0 Å². The summed E-state index contributed by atoms with van der Waals surface area (Å²) in [4.78, 5) is 26.2. The third-order valence-corrected chi connectivity index (χ3v) is 4.40. The summed E-state index contributed by atoms with van der Waals surface area (Å²) in [7, 11) is 0. The number of carbonyl (C=O) groups is 1. The number of carbonyl (C=O) groups excluding carboxylic acids is 1. The summed E-state index contributed by atoms with van der Waals surface area (Å²) < 4.78 is 2.28. The molecule has 0 radical (unpaired) electrons. The van der Waals surface area contributed by atoms with Gasteiger partial charge >= 0.3 is 0 Å². The molecule has 0 bridgehead atoms. The van der Waals surface area contributed by atoms with Crippen molar-refractivity contribution < 1.29 is 4.79 Å². The minimum Gasteiger partial charge on any atom is -0.338 e. The van der Waals surface area contributed by atoms with Crippen molar-refractivity contribution in [3.05, 3.63) is 33.2 Å². The van der Waals surface area contributed by atoms with Crippen LogP contribution in [0.25, 0.3) is 0 Å². The maximum atomic E-state index is 12.5. The molecule has 1 amide bonds. The molecule has 1 aliphatic rings. The third-order valence-electron chi connectivity index (χ3n) is 3.93. The largest absolute Gasteiger partial charge is 0.338 e. The molecule has 0 spiro atoms. The van der Waals surface area contributed by atoms with Gasteiger partial charge in [0, 0.05) is 29.3 Å². The highest BCUT2D eigenvalue weighted by molar-refractivity contribution is 9.10. The van der Waals surface area contributed by atoms with E-state index in [1.165, 1.54) is 29.9 Å². The van der Waals surface area contributed by atoms with Crippen LogP contribution in [0.3, 0.4) is 0 Å². The molecule has 20 heavy (non-hydrogen) atoms. The molecule has 1 aromatic heterocycles. The second-order valence-corrected chi connectivity index (χ2v) is 6.20. The van der Waals surface area contributed by atoms with Gasteiger partial charge < -0.3 is 9.47 Å². The van der Waals surface area contributed by atoms with Gasteiger partial charge in [-0.3, -0.25) is 9.59 Å². The van der Waals surface area contributed by atoms with Crippen molar-refractivity contribution in [2.24, 2.45) is 0 Å². The number of rotatable bonds is 4. The van der Waals surface area contributed by atoms with E-state index < -0.39 is 0 Å². The average Bonchev–Trinajstić information content (AvgIpc) is 2.45. The standard InChI is InChI=1S/C15H21BrN2O2/c1-2-18(13-6-4-3-5-7-13)15(20)11-17-10-12(16)8-9-14(17)19/h8-10,13H,2-7,11H2,1H3. The Morgan fingerprint density at radius 3 is 2.70 bits per heavy atom. The van der Waals surface area contributed by atoms with Crippen LogP contribution in [0.1, 0.15) is 39.0 Å². The van der Waals surface area contributed by atoms with E-state index >= 15 is 0 Å². The molecule has 5 heteroatoms. The smallest absolute Gasteiger partial charge is 0.251 e. The summed E-state index contributed by atoms with van der Waals surface area (Å²) in [5.41, 5.74) is -0.138. The van der Waals surface area contributed by atoms with Gasteiger partial charge in [-0.2, -0.15) is 0 Å². The van der Waals surface area contributed by atoms with Gasteiger partial charge in [0.2, 0.25) is 5.91 Å². The highest BCUT2D eigenvalue weighted by Gasteiger charge is 2.24. The summed E-state index contributed by atoms with van der Waals surface area (Å²) in [6.07, 6.45) is 7.53. The molecular formula is C15H21BrN2O2. The monoisotopic (exact) mass is 340 g/mol. The highest BCUT2D eigenvalue weighted by Crippen LogP contribution is 2.22. The fraction of sp³-hybridized carbons (Fsp3) is 0.600. The first-order chi connectivity index (χ1) is 9.61. The van der Waals surface area contributed by atoms with Crippen LogP contribution in [0.2, 0.25) is 0 Å². The SMILES string of the molecule is CCN(C(=O)Cn1cc(Br)ccc1=O)C1CCCCC1. The van der Waals surface area contributed by atoms with Gasteiger partial charge in [-0.25, -0.2) is 0 Å². The van der Waals surface area contributed by atoms with Crippen molar-refractivity contribution in [1.29, 1.82) is 0 Å². The topological polar surface area (TPSA) is 42.3 Å². The van der Waals surface area contributed by atoms with Crippen molar-refractivity contribution in [1.82, 2.24) is 9.47 Å². The molecule has 1 aromatic rings. The van der Waals surface area contributed by atoms with E-state index in [1.807, 2.05) is 11.8 Å². The van der Waals surface area contributed by atoms with Crippen LogP contribution in [0.15, 0.2) is 27.6 Å². The van der Waals surface area contributed by atoms with Crippen LogP contribution < -0.4 is 5.56 Å². The Morgan fingerprint density at radius 1 is 1.35 bits per heavy atom. The lowest BCUT2D eigenvalue weighted by molar-refractivity contribution is -0.134. The molecule has 0 unspecified atom stereocenters. The number of likely N-dealkylation sites (N-methyl/N-ethyl adjacent to an activating group) is 1. The second-order valence-electron chi connectivity index (χ2n) is 5.29. The Bertz CT molecular complexity index is 521. The summed E-state index contributed by atoms with van der Waals surface area (Å²) in [6.45, 7) is 2.85. The normalized spacial score (nSPS) is 16.1. The van der Waals surface area contributed by atoms with Gasteiger partial charge in [0.05, 0.1) is 0 Å². The highest BCUT2D eigenvalue weighted by atomic mass is 79.9.